The molecule has 6 heteroatoms. The maximum absolute atomic E-state index is 13.0. The number of rotatable bonds is 2. The predicted molar refractivity (Wildman–Crippen MR) is 98.3 cm³/mol. The van der Waals surface area contributed by atoms with Crippen LogP contribution in [0, 0.1) is 5.92 Å². The maximum Gasteiger partial charge on any atom is 0.410 e. The molecule has 1 aromatic carbocycles. The number of likely N-dealkylation sites (tertiary alicyclic amines) is 2. The van der Waals surface area contributed by atoms with Crippen molar-refractivity contribution in [2.24, 2.45) is 5.92 Å². The zero-order valence-electron chi connectivity index (χ0n) is 16.0. The van der Waals surface area contributed by atoms with Crippen LogP contribution in [-0.4, -0.2) is 60.2 Å². The van der Waals surface area contributed by atoms with E-state index < -0.39 is 5.60 Å². The molecule has 0 spiro atoms. The largest absolute Gasteiger partial charge is 0.496 e. The van der Waals surface area contributed by atoms with E-state index in [1.54, 1.807) is 24.1 Å². The monoisotopic (exact) mass is 360 g/mol. The summed E-state index contributed by atoms with van der Waals surface area (Å²) >= 11 is 0. The molecule has 2 saturated heterocycles. The Morgan fingerprint density at radius 2 is 1.81 bits per heavy atom. The fourth-order valence-corrected chi connectivity index (χ4v) is 3.86. The van der Waals surface area contributed by atoms with Crippen molar-refractivity contribution in [1.82, 2.24) is 9.80 Å². The van der Waals surface area contributed by atoms with Crippen LogP contribution in [-0.2, 0) is 4.74 Å². The van der Waals surface area contributed by atoms with E-state index in [2.05, 4.69) is 0 Å². The molecule has 2 amide bonds. The van der Waals surface area contributed by atoms with Crippen LogP contribution in [0.1, 0.15) is 44.0 Å². The molecule has 2 atom stereocenters. The molecule has 6 nitrogen and oxygen atoms in total. The minimum absolute atomic E-state index is 0.0252. The maximum atomic E-state index is 13.0. The van der Waals surface area contributed by atoms with Gasteiger partial charge in [0.2, 0.25) is 0 Å². The van der Waals surface area contributed by atoms with Gasteiger partial charge in [0.15, 0.2) is 0 Å². The standard InChI is InChI=1S/C20H28N2O4/c1-20(2,3)26-19(24)22-12-10-14-9-11-21(13-16(14)22)18(23)15-7-5-6-8-17(15)25-4/h5-8,14,16H,9-13H2,1-4H3. The number of nitrogens with zero attached hydrogens (tertiary/aromatic N) is 2. The molecule has 2 heterocycles. The van der Waals surface area contributed by atoms with E-state index in [9.17, 15) is 9.59 Å². The van der Waals surface area contributed by atoms with Gasteiger partial charge >= 0.3 is 6.09 Å². The first-order valence-electron chi connectivity index (χ1n) is 9.22. The first-order chi connectivity index (χ1) is 12.3. The van der Waals surface area contributed by atoms with E-state index in [4.69, 9.17) is 9.47 Å². The molecule has 1 aromatic rings. The Morgan fingerprint density at radius 3 is 2.50 bits per heavy atom. The number of hydrogen-bond donors (Lipinski definition) is 0. The molecule has 0 saturated carbocycles. The fourth-order valence-electron chi connectivity index (χ4n) is 3.86. The van der Waals surface area contributed by atoms with E-state index in [1.165, 1.54) is 0 Å². The van der Waals surface area contributed by atoms with Crippen molar-refractivity contribution >= 4 is 12.0 Å². The Hall–Kier alpha value is -2.24. The summed E-state index contributed by atoms with van der Waals surface area (Å²) in [4.78, 5) is 29.2. The number of ether oxygens (including phenoxy) is 2. The van der Waals surface area contributed by atoms with Gasteiger partial charge in [-0.1, -0.05) is 12.1 Å². The highest BCUT2D eigenvalue weighted by Gasteiger charge is 2.43. The molecule has 3 rings (SSSR count). The average molecular weight is 360 g/mol. The van der Waals surface area contributed by atoms with Crippen LogP contribution in [0.3, 0.4) is 0 Å². The van der Waals surface area contributed by atoms with Crippen molar-refractivity contribution in [2.45, 2.75) is 45.3 Å². The van der Waals surface area contributed by atoms with Crippen LogP contribution in [0.25, 0.3) is 0 Å². The van der Waals surface area contributed by atoms with Gasteiger partial charge in [0, 0.05) is 19.6 Å². The van der Waals surface area contributed by atoms with Gasteiger partial charge in [-0.15, -0.1) is 0 Å². The summed E-state index contributed by atoms with van der Waals surface area (Å²) in [5, 5.41) is 0. The Kier molecular flexibility index (Phi) is 5.12. The smallest absolute Gasteiger partial charge is 0.410 e. The molecular formula is C20H28N2O4. The van der Waals surface area contributed by atoms with Crippen molar-refractivity contribution in [2.75, 3.05) is 26.7 Å². The quantitative estimate of drug-likeness (QED) is 0.813. The normalized spacial score (nSPS) is 22.8. The number of para-hydroxylation sites is 1. The van der Waals surface area contributed by atoms with Gasteiger partial charge in [0.1, 0.15) is 11.4 Å². The summed E-state index contributed by atoms with van der Waals surface area (Å²) in [6, 6.07) is 7.29. The van der Waals surface area contributed by atoms with Crippen molar-refractivity contribution in [3.63, 3.8) is 0 Å². The van der Waals surface area contributed by atoms with E-state index in [-0.39, 0.29) is 18.0 Å². The van der Waals surface area contributed by atoms with Gasteiger partial charge in [-0.2, -0.15) is 0 Å². The number of carbonyl (C=O) groups excluding carboxylic acids is 2. The lowest BCUT2D eigenvalue weighted by Crippen LogP contribution is -2.52. The minimum atomic E-state index is -0.517. The molecule has 2 fully saturated rings. The zero-order valence-corrected chi connectivity index (χ0v) is 16.0. The highest BCUT2D eigenvalue weighted by atomic mass is 16.6. The second-order valence-corrected chi connectivity index (χ2v) is 8.03. The lowest BCUT2D eigenvalue weighted by Gasteiger charge is -2.38. The van der Waals surface area contributed by atoms with Crippen molar-refractivity contribution in [1.29, 1.82) is 0 Å². The molecule has 142 valence electrons. The van der Waals surface area contributed by atoms with Crippen molar-refractivity contribution < 1.29 is 19.1 Å². The predicted octanol–water partition coefficient (Wildman–Crippen LogP) is 3.17. The molecule has 0 N–H and O–H groups in total. The molecule has 0 bridgehead atoms. The number of benzene rings is 1. The summed E-state index contributed by atoms with van der Waals surface area (Å²) in [6.45, 7) is 7.56. The molecule has 26 heavy (non-hydrogen) atoms. The number of fused-ring (bicyclic) bond motifs is 1. The number of piperidine rings is 1. The fraction of sp³-hybridized carbons (Fsp3) is 0.600. The molecule has 0 aliphatic carbocycles. The number of carbonyl (C=O) groups is 2. The molecule has 2 aliphatic heterocycles. The Morgan fingerprint density at radius 1 is 1.12 bits per heavy atom. The molecule has 2 unspecified atom stereocenters. The van der Waals surface area contributed by atoms with Crippen molar-refractivity contribution in [3.05, 3.63) is 29.8 Å². The van der Waals surface area contributed by atoms with Gasteiger partial charge in [0.05, 0.1) is 18.7 Å². The summed E-state index contributed by atoms with van der Waals surface area (Å²) in [5.41, 5.74) is 0.0479. The Labute approximate surface area is 155 Å². The van der Waals surface area contributed by atoms with E-state index in [0.717, 1.165) is 12.8 Å². The van der Waals surface area contributed by atoms with Gasteiger partial charge < -0.3 is 19.3 Å². The second kappa shape index (κ2) is 7.17. The summed E-state index contributed by atoms with van der Waals surface area (Å²) in [7, 11) is 1.57. The summed E-state index contributed by atoms with van der Waals surface area (Å²) in [6.07, 6.45) is 1.60. The van der Waals surface area contributed by atoms with E-state index >= 15 is 0 Å². The van der Waals surface area contributed by atoms with Gasteiger partial charge in [-0.3, -0.25) is 4.79 Å². The average Bonchev–Trinajstić information content (AvgIpc) is 3.02. The zero-order chi connectivity index (χ0) is 18.9. The summed E-state index contributed by atoms with van der Waals surface area (Å²) < 4.78 is 10.9. The van der Waals surface area contributed by atoms with Gasteiger partial charge in [0.25, 0.3) is 5.91 Å². The molecule has 2 aliphatic rings. The van der Waals surface area contributed by atoms with Crippen LogP contribution in [0.4, 0.5) is 4.79 Å². The lowest BCUT2D eigenvalue weighted by molar-refractivity contribution is 0.0122. The molecular weight excluding hydrogens is 332 g/mol. The van der Waals surface area contributed by atoms with Crippen LogP contribution in [0.5, 0.6) is 5.75 Å². The third-order valence-corrected chi connectivity index (χ3v) is 5.12. The Balaban J connectivity index is 1.73. The minimum Gasteiger partial charge on any atom is -0.496 e. The van der Waals surface area contributed by atoms with Crippen LogP contribution >= 0.6 is 0 Å². The highest BCUT2D eigenvalue weighted by molar-refractivity contribution is 5.97. The first-order valence-corrected chi connectivity index (χ1v) is 9.22. The van der Waals surface area contributed by atoms with Gasteiger partial charge in [-0.05, 0) is 51.7 Å². The number of methoxy groups -OCH3 is 1. The Bertz CT molecular complexity index is 683. The SMILES string of the molecule is COc1ccccc1C(=O)N1CCC2CCN(C(=O)OC(C)(C)C)C2C1. The highest BCUT2D eigenvalue weighted by Crippen LogP contribution is 2.33. The molecule has 0 aromatic heterocycles. The lowest BCUT2D eigenvalue weighted by atomic mass is 9.92. The van der Waals surface area contributed by atoms with Gasteiger partial charge in [-0.25, -0.2) is 4.79 Å². The van der Waals surface area contributed by atoms with E-state index in [1.807, 2.05) is 37.8 Å². The summed E-state index contributed by atoms with van der Waals surface area (Å²) in [5.74, 6) is 0.969. The molecule has 0 radical (unpaired) electrons. The van der Waals surface area contributed by atoms with E-state index in [0.29, 0.717) is 36.9 Å². The third-order valence-electron chi connectivity index (χ3n) is 5.12. The number of hydrogen-bond acceptors (Lipinski definition) is 4. The topological polar surface area (TPSA) is 59.1 Å². The van der Waals surface area contributed by atoms with Crippen LogP contribution in [0.2, 0.25) is 0 Å². The van der Waals surface area contributed by atoms with Crippen LogP contribution in [0.15, 0.2) is 24.3 Å². The second-order valence-electron chi connectivity index (χ2n) is 8.03. The number of amides is 2. The van der Waals surface area contributed by atoms with Crippen molar-refractivity contribution in [3.8, 4) is 5.75 Å². The third kappa shape index (κ3) is 3.79. The van der Waals surface area contributed by atoms with Crippen LogP contribution < -0.4 is 4.74 Å². The first kappa shape index (κ1) is 18.5.